The Kier molecular flexibility index (Phi) is 32.7. The number of benzene rings is 2. The van der Waals surface area contributed by atoms with Gasteiger partial charge in [0.1, 0.15) is 66.3 Å². The second kappa shape index (κ2) is 40.2. The Labute approximate surface area is 653 Å². The number of thioether (sulfide) groups is 1. The van der Waals surface area contributed by atoms with Crippen LogP contribution in [0.1, 0.15) is 128 Å². The molecular weight excluding hydrogens is 1580 g/mol. The maximum Gasteiger partial charge on any atom is 0.250 e. The van der Waals surface area contributed by atoms with E-state index in [-0.39, 0.29) is 83.0 Å². The quantitative estimate of drug-likeness (QED) is 0.0124. The first-order valence-electron chi connectivity index (χ1n) is 35.2. The van der Waals surface area contributed by atoms with Crippen LogP contribution >= 0.6 is 55.9 Å². The van der Waals surface area contributed by atoms with Crippen molar-refractivity contribution in [3.8, 4) is 40.9 Å². The predicted molar refractivity (Wildman–Crippen MR) is 405 cm³/mol. The number of ether oxygens (including phenoxy) is 11. The molecule has 108 heavy (non-hydrogen) atoms. The van der Waals surface area contributed by atoms with E-state index in [1.54, 1.807) is 57.7 Å². The standard InChI is InChI=1S/C74H98IN5O25S3/c1-14-80(43(8)84)48-36-98-55(31-52(48)94-11)103-68-63(90)60(79-105-56-30-49(85)69(42(7)99-56)107-70(92)57-38(3)59(75)66(46(34-81)65(57)95-12)104-71-64(91)67(96-13)62(89)41(6)101-71)40(5)100-72(68)102-51-21-17-15-16-18-27-74(93)32-50(86)61(76-54(88)35-82)58(51)47(74)26-29-106-108-73(9,10)33-53(87)78-77-39(4)44-22-24-45(25-23-44)97-28-19-20-37(2)83/h15-16,22-26,40-42,48-49,51-52,55-56,60,62-64,67-69,71-72,79,81-82,85,89-91,93H,14,19-20,28-36H2,1-13H3,(H,76,88)(H,78,87)/b16-15-,47-26+,77-39+/t40?,41?,42?,48-,49+,51?,52+,55-,56-,60+,62-,63+,64?,67-,68?,69+,71-,72-,74-/m0/s1. The Morgan fingerprint density at radius 1 is 0.870 bits per heavy atom. The van der Waals surface area contributed by atoms with Gasteiger partial charge in [-0.1, -0.05) is 63.1 Å². The van der Waals surface area contributed by atoms with Gasteiger partial charge in [0.05, 0.1) is 107 Å². The number of Topliss-reactive ketones (excluding diaryl/α,β-unsaturated/α-hetero) is 2. The number of hydrazone groups is 1. The van der Waals surface area contributed by atoms with Crippen LogP contribution in [0.2, 0.25) is 0 Å². The smallest absolute Gasteiger partial charge is 0.250 e. The summed E-state index contributed by atoms with van der Waals surface area (Å²) in [6, 6.07) is 5.42. The van der Waals surface area contributed by atoms with Crippen molar-refractivity contribution in [3.05, 3.63) is 85.2 Å². The minimum absolute atomic E-state index is 0.00940. The summed E-state index contributed by atoms with van der Waals surface area (Å²) in [5.41, 5.74) is 4.47. The van der Waals surface area contributed by atoms with Gasteiger partial charge in [-0.15, -0.1) is 0 Å². The van der Waals surface area contributed by atoms with Gasteiger partial charge in [0.15, 0.2) is 30.3 Å². The average Bonchev–Trinajstić information content (AvgIpc) is 0.755. The number of hydrogen-bond donors (Lipinski definition) is 10. The van der Waals surface area contributed by atoms with Crippen molar-refractivity contribution < 1.29 is 121 Å². The highest BCUT2D eigenvalue weighted by molar-refractivity contribution is 14.1. The highest BCUT2D eigenvalue weighted by atomic mass is 127. The van der Waals surface area contributed by atoms with Crippen molar-refractivity contribution in [3.63, 3.8) is 0 Å². The molecule has 4 heterocycles. The molecule has 3 amide bonds. The van der Waals surface area contributed by atoms with Gasteiger partial charge < -0.3 is 103 Å². The molecule has 19 atom stereocenters. The van der Waals surface area contributed by atoms with Crippen LogP contribution in [0, 0.1) is 34.2 Å². The first-order valence-corrected chi connectivity index (χ1v) is 39.5. The summed E-state index contributed by atoms with van der Waals surface area (Å²) in [7, 11) is 6.75. The molecule has 4 saturated heterocycles. The number of carbonyl (C=O) groups is 6. The van der Waals surface area contributed by atoms with Gasteiger partial charge >= 0.3 is 0 Å². The van der Waals surface area contributed by atoms with Gasteiger partial charge in [-0.05, 0) is 139 Å². The number of hydrogen-bond acceptors (Lipinski definition) is 30. The van der Waals surface area contributed by atoms with Crippen molar-refractivity contribution in [1.29, 1.82) is 0 Å². The first-order chi connectivity index (χ1) is 51.3. The van der Waals surface area contributed by atoms with Crippen molar-refractivity contribution in [2.45, 2.75) is 234 Å². The molecule has 4 aliphatic heterocycles. The van der Waals surface area contributed by atoms with Crippen molar-refractivity contribution >= 4 is 96.1 Å². The summed E-state index contributed by atoms with van der Waals surface area (Å²) in [4.78, 5) is 87.6. The zero-order valence-electron chi connectivity index (χ0n) is 62.4. The highest BCUT2D eigenvalue weighted by Crippen LogP contribution is 2.46. The van der Waals surface area contributed by atoms with E-state index in [1.165, 1.54) is 68.9 Å². The molecule has 8 rings (SSSR count). The van der Waals surface area contributed by atoms with Crippen LogP contribution < -0.4 is 30.4 Å². The highest BCUT2D eigenvalue weighted by Gasteiger charge is 2.53. The molecule has 0 spiro atoms. The Balaban J connectivity index is 1.02. The molecule has 0 aromatic heterocycles. The SMILES string of the molecule is CCN(C(C)=O)[C@H]1CO[C@@H](OC2[C@H](OC3C#C/C=C\C#C[C@]4(O)CC(=O)C(NC(=O)CO)=C3/C4=C\CSSC(C)(C)CC(=O)N/N=C(\C)c3ccc(OCCCC(C)=O)cc3)OC(C)[C@@H](NO[C@H]3C[C@@H](O)[C@H](SC(=O)c4c(C)c(I)c(O[C@@H]5OC(C)[C@H](O)[C@H](OC)C5O)c(CO)c4OC)C(C)O3)[C@H]2O)C[C@H]1OC. The van der Waals surface area contributed by atoms with Gasteiger partial charge in [0, 0.05) is 75.0 Å². The number of ketones is 2. The van der Waals surface area contributed by atoms with Crippen molar-refractivity contribution in [1.82, 2.24) is 21.1 Å². The number of hydroxylamine groups is 1. The molecule has 34 heteroatoms. The molecular formula is C74H98IN5O25S3. The fraction of sp³-hybridized carbons (Fsp3) is 0.608. The van der Waals surface area contributed by atoms with E-state index in [0.717, 1.165) is 17.3 Å². The first kappa shape index (κ1) is 87.9. The molecule has 10 N–H and O–H groups in total. The Bertz CT molecular complexity index is 3790. The molecule has 6 aliphatic rings. The molecule has 2 aromatic carbocycles. The van der Waals surface area contributed by atoms with E-state index >= 15 is 0 Å². The monoisotopic (exact) mass is 1680 g/mol. The summed E-state index contributed by atoms with van der Waals surface area (Å²) in [6.45, 7) is 15.6. The number of methoxy groups -OCH3 is 3. The minimum atomic E-state index is -2.25. The molecule has 0 saturated carbocycles. The number of amides is 3. The maximum atomic E-state index is 14.6. The third-order valence-electron chi connectivity index (χ3n) is 18.8. The topological polar surface area (TPSA) is 406 Å². The largest absolute Gasteiger partial charge is 0.495 e. The number of rotatable bonds is 32. The summed E-state index contributed by atoms with van der Waals surface area (Å²) >= 11 is 2.72. The average molecular weight is 1680 g/mol. The number of carbonyl (C=O) groups excluding carboxylic acids is 6. The molecule has 2 aliphatic carbocycles. The zero-order chi connectivity index (χ0) is 79.1. The van der Waals surface area contributed by atoms with Crippen molar-refractivity contribution in [2.75, 3.05) is 53.4 Å². The third-order valence-corrected chi connectivity index (χ3v) is 24.6. The fourth-order valence-electron chi connectivity index (χ4n) is 13.2. The summed E-state index contributed by atoms with van der Waals surface area (Å²) in [6.07, 6.45) is -14.2. The lowest BCUT2D eigenvalue weighted by atomic mass is 9.75. The van der Waals surface area contributed by atoms with Crippen LogP contribution in [-0.4, -0.2) is 254 Å². The number of allylic oxidation sites excluding steroid dienone is 3. The van der Waals surface area contributed by atoms with Gasteiger partial charge in [-0.3, -0.25) is 28.8 Å². The molecule has 2 aromatic rings. The maximum absolute atomic E-state index is 14.6. The lowest BCUT2D eigenvalue weighted by Crippen LogP contribution is -2.65. The molecule has 6 unspecified atom stereocenters. The predicted octanol–water partition coefficient (Wildman–Crippen LogP) is 3.87. The van der Waals surface area contributed by atoms with E-state index in [9.17, 15) is 64.5 Å². The lowest BCUT2D eigenvalue weighted by Gasteiger charge is -2.47. The van der Waals surface area contributed by atoms with Crippen LogP contribution in [0.15, 0.2) is 64.4 Å². The fourth-order valence-corrected chi connectivity index (χ4v) is 17.4. The summed E-state index contributed by atoms with van der Waals surface area (Å²) in [5, 5.41) is 85.2. The minimum Gasteiger partial charge on any atom is -0.495 e. The number of halogens is 1. The summed E-state index contributed by atoms with van der Waals surface area (Å²) in [5.74, 6) is 9.85. The second-order valence-electron chi connectivity index (χ2n) is 27.2. The molecule has 30 nitrogen and oxygen atoms in total. The van der Waals surface area contributed by atoms with E-state index in [4.69, 9.17) is 56.9 Å². The molecule has 594 valence electrons. The zero-order valence-corrected chi connectivity index (χ0v) is 67.0. The Morgan fingerprint density at radius 2 is 1.58 bits per heavy atom. The van der Waals surface area contributed by atoms with E-state index in [1.807, 2.05) is 55.5 Å². The van der Waals surface area contributed by atoms with Gasteiger partial charge in [0.2, 0.25) is 29.1 Å². The second-order valence-corrected chi connectivity index (χ2v) is 32.4. The number of fused-ring (bicyclic) bond motifs is 2. The molecule has 4 fully saturated rings. The van der Waals surface area contributed by atoms with Crippen molar-refractivity contribution in [2.24, 2.45) is 5.10 Å². The normalized spacial score (nSPS) is 30.8. The van der Waals surface area contributed by atoms with E-state index in [0.29, 0.717) is 46.6 Å². The van der Waals surface area contributed by atoms with Gasteiger partial charge in [-0.25, -0.2) is 5.43 Å². The lowest BCUT2D eigenvalue weighted by molar-refractivity contribution is -0.337. The number of likely N-dealkylation sites (N-methyl/N-ethyl adjacent to an activating group) is 1. The number of aliphatic hydroxyl groups excluding tert-OH is 6. The number of nitrogens with one attached hydrogen (secondary N) is 3. The van der Waals surface area contributed by atoms with E-state index in [2.05, 4.69) is 45.0 Å². The van der Waals surface area contributed by atoms with Gasteiger partial charge in [-0.2, -0.15) is 10.6 Å². The van der Waals surface area contributed by atoms with Crippen LogP contribution in [0.25, 0.3) is 0 Å². The Hall–Kier alpha value is -5.63. The van der Waals surface area contributed by atoms with E-state index < -0.39 is 162 Å². The van der Waals surface area contributed by atoms with Crippen LogP contribution in [-0.2, 0) is 73.3 Å². The third kappa shape index (κ3) is 22.0. The number of aliphatic hydroxyl groups is 7. The molecule has 0 radical (unpaired) electrons. The Morgan fingerprint density at radius 3 is 2.23 bits per heavy atom. The van der Waals surface area contributed by atoms with Crippen LogP contribution in [0.5, 0.6) is 17.2 Å². The molecule has 2 bridgehead atoms. The van der Waals surface area contributed by atoms with Crippen LogP contribution in [0.4, 0.5) is 0 Å². The van der Waals surface area contributed by atoms with Gasteiger partial charge in [0.25, 0.3) is 0 Å². The summed E-state index contributed by atoms with van der Waals surface area (Å²) < 4.78 is 67.2. The number of nitrogens with zero attached hydrogens (tertiary/aromatic N) is 2. The van der Waals surface area contributed by atoms with Crippen LogP contribution in [0.3, 0.4) is 0 Å².